The summed E-state index contributed by atoms with van der Waals surface area (Å²) >= 11 is 1.53. The maximum atomic E-state index is 12.5. The van der Waals surface area contributed by atoms with E-state index in [1.54, 1.807) is 4.90 Å². The van der Waals surface area contributed by atoms with Gasteiger partial charge in [-0.1, -0.05) is 0 Å². The largest absolute Gasteiger partial charge is 0.338 e. The summed E-state index contributed by atoms with van der Waals surface area (Å²) in [6, 6.07) is -0.275. The highest BCUT2D eigenvalue weighted by Crippen LogP contribution is 2.31. The van der Waals surface area contributed by atoms with Crippen LogP contribution in [0.5, 0.6) is 0 Å². The predicted octanol–water partition coefficient (Wildman–Crippen LogP) is 0.996. The summed E-state index contributed by atoms with van der Waals surface area (Å²) in [6.07, 6.45) is 4.91. The molecule has 1 aromatic heterocycles. The molecule has 2 fully saturated rings. The second-order valence-electron chi connectivity index (χ2n) is 7.09. The molecular formula is C16H21N3O4S2. The monoisotopic (exact) mass is 383 g/mol. The number of anilines is 1. The highest BCUT2D eigenvalue weighted by Gasteiger charge is 2.42. The van der Waals surface area contributed by atoms with Crippen LogP contribution in [-0.2, 0) is 32.3 Å². The normalized spacial score (nSPS) is 28.2. The Hall–Kier alpha value is -1.48. The van der Waals surface area contributed by atoms with Crippen molar-refractivity contribution in [3.05, 3.63) is 10.6 Å². The van der Waals surface area contributed by atoms with E-state index >= 15 is 0 Å². The Balaban J connectivity index is 1.40. The van der Waals surface area contributed by atoms with Crippen LogP contribution in [0, 0.1) is 5.92 Å². The lowest BCUT2D eigenvalue weighted by molar-refractivity contribution is -0.129. The summed E-state index contributed by atoms with van der Waals surface area (Å²) in [4.78, 5) is 32.1. The van der Waals surface area contributed by atoms with E-state index in [-0.39, 0.29) is 35.8 Å². The number of aryl methyl sites for hydroxylation is 2. The summed E-state index contributed by atoms with van der Waals surface area (Å²) in [5.74, 6) is -0.602. The minimum absolute atomic E-state index is 0.0201. The quantitative estimate of drug-likeness (QED) is 0.840. The molecule has 2 saturated heterocycles. The van der Waals surface area contributed by atoms with Gasteiger partial charge in [-0.05, 0) is 32.1 Å². The second-order valence-corrected chi connectivity index (χ2v) is 10.4. The highest BCUT2D eigenvalue weighted by atomic mass is 32.2. The molecule has 1 aliphatic carbocycles. The Morgan fingerprint density at radius 1 is 1.28 bits per heavy atom. The topological polar surface area (TPSA) is 96.4 Å². The molecular weight excluding hydrogens is 362 g/mol. The van der Waals surface area contributed by atoms with Crippen molar-refractivity contribution in [2.24, 2.45) is 5.92 Å². The fraction of sp³-hybridized carbons (Fsp3) is 0.688. The summed E-state index contributed by atoms with van der Waals surface area (Å²) in [5, 5.41) is 3.48. The number of fused-ring (bicyclic) bond motifs is 1. The van der Waals surface area contributed by atoms with E-state index in [0.29, 0.717) is 18.1 Å². The average molecular weight is 383 g/mol. The number of nitrogens with one attached hydrogen (secondary N) is 1. The lowest BCUT2D eigenvalue weighted by Crippen LogP contribution is -2.38. The highest BCUT2D eigenvalue weighted by molar-refractivity contribution is 7.91. The molecule has 3 aliphatic rings. The summed E-state index contributed by atoms with van der Waals surface area (Å²) in [7, 11) is -3.05. The van der Waals surface area contributed by atoms with Gasteiger partial charge in [-0.3, -0.25) is 9.59 Å². The molecule has 0 saturated carbocycles. The Morgan fingerprint density at radius 2 is 2.08 bits per heavy atom. The number of thiazole rings is 1. The molecule has 0 unspecified atom stereocenters. The van der Waals surface area contributed by atoms with Crippen LogP contribution in [0.3, 0.4) is 0 Å². The van der Waals surface area contributed by atoms with Gasteiger partial charge in [-0.25, -0.2) is 13.4 Å². The first-order valence-corrected chi connectivity index (χ1v) is 11.3. The van der Waals surface area contributed by atoms with Crippen LogP contribution in [-0.4, -0.2) is 54.2 Å². The van der Waals surface area contributed by atoms with Crippen molar-refractivity contribution in [2.45, 2.75) is 44.6 Å². The number of hydrogen-bond donors (Lipinski definition) is 1. The Labute approximate surface area is 150 Å². The van der Waals surface area contributed by atoms with E-state index in [0.717, 1.165) is 25.0 Å². The first-order valence-electron chi connectivity index (χ1n) is 8.70. The SMILES string of the molecule is O=C(Nc1nc2c(s1)CCCC2)[C@H]1CC(=O)N([C@@H]2CCS(=O)(=O)C2)C1. The van der Waals surface area contributed by atoms with E-state index in [1.807, 2.05) is 0 Å². The molecule has 2 amide bonds. The van der Waals surface area contributed by atoms with Crippen molar-refractivity contribution in [2.75, 3.05) is 23.4 Å². The van der Waals surface area contributed by atoms with Gasteiger partial charge in [-0.15, -0.1) is 11.3 Å². The number of likely N-dealkylation sites (tertiary alicyclic amines) is 1. The van der Waals surface area contributed by atoms with Gasteiger partial charge < -0.3 is 10.2 Å². The maximum absolute atomic E-state index is 12.5. The third kappa shape index (κ3) is 3.44. The van der Waals surface area contributed by atoms with Crippen LogP contribution in [0.4, 0.5) is 5.13 Å². The minimum Gasteiger partial charge on any atom is -0.338 e. The first kappa shape index (κ1) is 17.0. The number of sulfone groups is 1. The van der Waals surface area contributed by atoms with E-state index < -0.39 is 15.8 Å². The smallest absolute Gasteiger partial charge is 0.231 e. The number of carbonyl (C=O) groups is 2. The zero-order valence-corrected chi connectivity index (χ0v) is 15.5. The summed E-state index contributed by atoms with van der Waals surface area (Å²) < 4.78 is 23.3. The van der Waals surface area contributed by atoms with Gasteiger partial charge in [0.05, 0.1) is 23.1 Å². The Morgan fingerprint density at radius 3 is 2.80 bits per heavy atom. The van der Waals surface area contributed by atoms with Gasteiger partial charge in [0, 0.05) is 23.9 Å². The predicted molar refractivity (Wildman–Crippen MR) is 94.3 cm³/mol. The van der Waals surface area contributed by atoms with Gasteiger partial charge >= 0.3 is 0 Å². The number of nitrogens with zero attached hydrogens (tertiary/aromatic N) is 2. The number of amides is 2. The average Bonchev–Trinajstić information content (AvgIpc) is 3.23. The van der Waals surface area contributed by atoms with Crippen LogP contribution in [0.2, 0.25) is 0 Å². The summed E-state index contributed by atoms with van der Waals surface area (Å²) in [6.45, 7) is 0.302. The zero-order chi connectivity index (χ0) is 17.6. The van der Waals surface area contributed by atoms with Crippen molar-refractivity contribution < 1.29 is 18.0 Å². The van der Waals surface area contributed by atoms with Crippen LogP contribution in [0.25, 0.3) is 0 Å². The third-order valence-electron chi connectivity index (χ3n) is 5.25. The minimum atomic E-state index is -3.05. The van der Waals surface area contributed by atoms with Gasteiger partial charge in [0.15, 0.2) is 15.0 Å². The molecule has 4 rings (SSSR count). The molecule has 9 heteroatoms. The second kappa shape index (κ2) is 6.35. The Kier molecular flexibility index (Phi) is 4.31. The number of carbonyl (C=O) groups excluding carboxylic acids is 2. The van der Waals surface area contributed by atoms with Crippen LogP contribution < -0.4 is 5.32 Å². The van der Waals surface area contributed by atoms with Crippen LogP contribution >= 0.6 is 11.3 Å². The molecule has 2 atom stereocenters. The van der Waals surface area contributed by atoms with Crippen molar-refractivity contribution in [1.29, 1.82) is 0 Å². The lowest BCUT2D eigenvalue weighted by atomic mass is 10.0. The molecule has 136 valence electrons. The van der Waals surface area contributed by atoms with Crippen LogP contribution in [0.15, 0.2) is 0 Å². The third-order valence-corrected chi connectivity index (χ3v) is 8.08. The maximum Gasteiger partial charge on any atom is 0.231 e. The molecule has 0 radical (unpaired) electrons. The molecule has 0 spiro atoms. The molecule has 0 bridgehead atoms. The standard InChI is InChI=1S/C16H21N3O4S2/c20-14-7-10(8-19(14)11-5-6-25(22,23)9-11)15(21)18-16-17-12-3-1-2-4-13(12)24-16/h10-11H,1-9H2,(H,17,18,21)/t10-,11+/m0/s1. The van der Waals surface area contributed by atoms with Gasteiger partial charge in [0.1, 0.15) is 0 Å². The van der Waals surface area contributed by atoms with Crippen LogP contribution in [0.1, 0.15) is 36.3 Å². The fourth-order valence-corrected chi connectivity index (χ4v) is 6.68. The van der Waals surface area contributed by atoms with Gasteiger partial charge in [-0.2, -0.15) is 0 Å². The summed E-state index contributed by atoms with van der Waals surface area (Å²) in [5.41, 5.74) is 1.09. The van der Waals surface area contributed by atoms with Crippen molar-refractivity contribution >= 4 is 38.1 Å². The van der Waals surface area contributed by atoms with Crippen molar-refractivity contribution in [3.8, 4) is 0 Å². The molecule has 0 aromatic carbocycles. The van der Waals surface area contributed by atoms with Gasteiger partial charge in [0.2, 0.25) is 11.8 Å². The van der Waals surface area contributed by atoms with E-state index in [4.69, 9.17) is 0 Å². The van der Waals surface area contributed by atoms with E-state index in [9.17, 15) is 18.0 Å². The molecule has 1 aromatic rings. The van der Waals surface area contributed by atoms with E-state index in [2.05, 4.69) is 10.3 Å². The molecule has 7 nitrogen and oxygen atoms in total. The molecule has 2 aliphatic heterocycles. The van der Waals surface area contributed by atoms with Crippen molar-refractivity contribution in [1.82, 2.24) is 9.88 Å². The number of hydrogen-bond acceptors (Lipinski definition) is 6. The lowest BCUT2D eigenvalue weighted by Gasteiger charge is -2.22. The molecule has 3 heterocycles. The number of aromatic nitrogens is 1. The Bertz CT molecular complexity index is 794. The number of rotatable bonds is 3. The van der Waals surface area contributed by atoms with Crippen molar-refractivity contribution in [3.63, 3.8) is 0 Å². The molecule has 25 heavy (non-hydrogen) atoms. The van der Waals surface area contributed by atoms with E-state index in [1.165, 1.54) is 22.6 Å². The molecule has 1 N–H and O–H groups in total. The fourth-order valence-electron chi connectivity index (χ4n) is 3.89. The first-order chi connectivity index (χ1) is 11.9. The zero-order valence-electron chi connectivity index (χ0n) is 13.9. The van der Waals surface area contributed by atoms with Gasteiger partial charge in [0.25, 0.3) is 0 Å².